The fraction of sp³-hybridized carbons (Fsp3) is 0.400. The number of nitrogens with two attached hydrogens (primary N) is 1. The predicted octanol–water partition coefficient (Wildman–Crippen LogP) is 3.15. The molecule has 1 aromatic carbocycles. The summed E-state index contributed by atoms with van der Waals surface area (Å²) >= 11 is 0. The fourth-order valence-corrected chi connectivity index (χ4v) is 1.96. The van der Waals surface area contributed by atoms with Crippen LogP contribution >= 0.6 is 0 Å². The van der Waals surface area contributed by atoms with Crippen molar-refractivity contribution in [2.75, 3.05) is 0 Å². The van der Waals surface area contributed by atoms with E-state index in [0.29, 0.717) is 18.0 Å². The summed E-state index contributed by atoms with van der Waals surface area (Å²) in [5, 5.41) is 4.46. The van der Waals surface area contributed by atoms with E-state index < -0.39 is 0 Å². The van der Waals surface area contributed by atoms with Crippen LogP contribution < -0.4 is 5.73 Å². The van der Waals surface area contributed by atoms with E-state index in [1.165, 1.54) is 6.07 Å². The third-order valence-corrected chi connectivity index (χ3v) is 3.25. The van der Waals surface area contributed by atoms with Gasteiger partial charge in [0.2, 0.25) is 0 Å². The highest BCUT2D eigenvalue weighted by atomic mass is 19.1. The number of nitrogens with zero attached hydrogens (tertiary/aromatic N) is 2. The summed E-state index contributed by atoms with van der Waals surface area (Å²) in [7, 11) is 0. The van der Waals surface area contributed by atoms with Crippen LogP contribution in [0.25, 0.3) is 0 Å². The topological polar surface area (TPSA) is 43.8 Å². The Morgan fingerprint density at radius 3 is 2.63 bits per heavy atom. The summed E-state index contributed by atoms with van der Waals surface area (Å²) in [6, 6.07) is 7.22. The first-order valence-electron chi connectivity index (χ1n) is 6.53. The third-order valence-electron chi connectivity index (χ3n) is 3.25. The first-order chi connectivity index (χ1) is 8.97. The van der Waals surface area contributed by atoms with Crippen LogP contribution in [-0.4, -0.2) is 9.78 Å². The highest BCUT2D eigenvalue weighted by Gasteiger charge is 2.11. The average molecular weight is 261 g/mol. The number of benzene rings is 1. The Kier molecular flexibility index (Phi) is 4.00. The van der Waals surface area contributed by atoms with Gasteiger partial charge in [-0.2, -0.15) is 5.10 Å². The average Bonchev–Trinajstić information content (AvgIpc) is 2.81. The molecule has 0 aliphatic rings. The van der Waals surface area contributed by atoms with Gasteiger partial charge in [-0.05, 0) is 44.0 Å². The molecule has 0 saturated carbocycles. The van der Waals surface area contributed by atoms with E-state index in [2.05, 4.69) is 18.9 Å². The van der Waals surface area contributed by atoms with Gasteiger partial charge in [-0.15, -0.1) is 0 Å². The minimum atomic E-state index is -0.231. The Bertz CT molecular complexity index is 560. The van der Waals surface area contributed by atoms with E-state index in [0.717, 1.165) is 11.3 Å². The molecule has 2 N–H and O–H groups in total. The van der Waals surface area contributed by atoms with Gasteiger partial charge in [-0.3, -0.25) is 4.68 Å². The maximum Gasteiger partial charge on any atom is 0.126 e. The number of aromatic nitrogens is 2. The van der Waals surface area contributed by atoms with Crippen molar-refractivity contribution in [2.24, 2.45) is 5.73 Å². The van der Waals surface area contributed by atoms with Crippen molar-refractivity contribution < 1.29 is 4.39 Å². The molecule has 1 atom stereocenters. The zero-order valence-corrected chi connectivity index (χ0v) is 11.6. The molecule has 2 aromatic rings. The summed E-state index contributed by atoms with van der Waals surface area (Å²) in [5.74, 6) is -0.208. The first-order valence-corrected chi connectivity index (χ1v) is 6.53. The van der Waals surface area contributed by atoms with Crippen molar-refractivity contribution in [3.05, 3.63) is 53.1 Å². The lowest BCUT2D eigenvalue weighted by Crippen LogP contribution is -2.14. The molecule has 0 radical (unpaired) electrons. The summed E-state index contributed by atoms with van der Waals surface area (Å²) in [6.45, 7) is 5.90. The van der Waals surface area contributed by atoms with E-state index in [1.54, 1.807) is 13.0 Å². The van der Waals surface area contributed by atoms with Crippen molar-refractivity contribution in [2.45, 2.75) is 39.3 Å². The molecule has 1 unspecified atom stereocenters. The van der Waals surface area contributed by atoms with Crippen LogP contribution in [0.2, 0.25) is 0 Å². The molecule has 1 heterocycles. The molecule has 0 amide bonds. The Hall–Kier alpha value is -1.68. The van der Waals surface area contributed by atoms with Gasteiger partial charge >= 0.3 is 0 Å². The van der Waals surface area contributed by atoms with Gasteiger partial charge in [0.15, 0.2) is 0 Å². The minimum Gasteiger partial charge on any atom is -0.324 e. The van der Waals surface area contributed by atoms with Crippen molar-refractivity contribution in [3.63, 3.8) is 0 Å². The molecule has 1 aromatic heterocycles. The summed E-state index contributed by atoms with van der Waals surface area (Å²) in [4.78, 5) is 0. The summed E-state index contributed by atoms with van der Waals surface area (Å²) < 4.78 is 15.4. The number of rotatable bonds is 4. The molecule has 3 nitrogen and oxygen atoms in total. The number of hydrogen-bond acceptors (Lipinski definition) is 2. The maximum atomic E-state index is 13.5. The van der Waals surface area contributed by atoms with E-state index >= 15 is 0 Å². The lowest BCUT2D eigenvalue weighted by molar-refractivity contribution is 0.522. The van der Waals surface area contributed by atoms with Crippen LogP contribution in [0.4, 0.5) is 4.39 Å². The third kappa shape index (κ3) is 3.20. The molecule has 0 fully saturated rings. The molecular formula is C15H20FN3. The number of halogens is 1. The van der Waals surface area contributed by atoms with Crippen molar-refractivity contribution in [1.82, 2.24) is 9.78 Å². The van der Waals surface area contributed by atoms with Crippen LogP contribution in [0.5, 0.6) is 0 Å². The molecule has 0 spiro atoms. The molecule has 0 aliphatic carbocycles. The first kappa shape index (κ1) is 13.7. The highest BCUT2D eigenvalue weighted by Crippen LogP contribution is 2.18. The summed E-state index contributed by atoms with van der Waals surface area (Å²) in [5.41, 5.74) is 8.49. The van der Waals surface area contributed by atoms with Gasteiger partial charge in [0.1, 0.15) is 5.82 Å². The molecule has 0 bridgehead atoms. The maximum absolute atomic E-state index is 13.5. The normalized spacial score (nSPS) is 12.9. The Balaban J connectivity index is 2.11. The Labute approximate surface area is 113 Å². The van der Waals surface area contributed by atoms with E-state index in [-0.39, 0.29) is 11.9 Å². The van der Waals surface area contributed by atoms with Crippen LogP contribution in [0, 0.1) is 12.7 Å². The van der Waals surface area contributed by atoms with E-state index in [9.17, 15) is 4.39 Å². The van der Waals surface area contributed by atoms with Gasteiger partial charge in [0.25, 0.3) is 0 Å². The molecule has 4 heteroatoms. The zero-order chi connectivity index (χ0) is 14.0. The SMILES string of the molecule is Cc1ccc(C(N)Cc2ccn(C(C)C)n2)cc1F. The quantitative estimate of drug-likeness (QED) is 0.918. The number of hydrogen-bond donors (Lipinski definition) is 1. The molecule has 0 saturated heterocycles. The van der Waals surface area contributed by atoms with Gasteiger partial charge < -0.3 is 5.73 Å². The fourth-order valence-electron chi connectivity index (χ4n) is 1.96. The van der Waals surface area contributed by atoms with E-state index in [4.69, 9.17) is 5.73 Å². The minimum absolute atomic E-state index is 0.208. The monoisotopic (exact) mass is 261 g/mol. The largest absolute Gasteiger partial charge is 0.324 e. The molecule has 0 aliphatic heterocycles. The molecule has 102 valence electrons. The second-order valence-corrected chi connectivity index (χ2v) is 5.20. The van der Waals surface area contributed by atoms with Gasteiger partial charge in [0, 0.05) is 24.7 Å². The second kappa shape index (κ2) is 5.53. The smallest absolute Gasteiger partial charge is 0.126 e. The predicted molar refractivity (Wildman–Crippen MR) is 74.4 cm³/mol. The lowest BCUT2D eigenvalue weighted by Gasteiger charge is -2.11. The molecule has 2 rings (SSSR count). The van der Waals surface area contributed by atoms with Crippen LogP contribution in [0.3, 0.4) is 0 Å². The van der Waals surface area contributed by atoms with Crippen LogP contribution in [-0.2, 0) is 6.42 Å². The van der Waals surface area contributed by atoms with Crippen LogP contribution in [0.1, 0.15) is 42.8 Å². The van der Waals surface area contributed by atoms with Gasteiger partial charge in [-0.1, -0.05) is 12.1 Å². The van der Waals surface area contributed by atoms with Crippen molar-refractivity contribution >= 4 is 0 Å². The Morgan fingerprint density at radius 2 is 2.05 bits per heavy atom. The Morgan fingerprint density at radius 1 is 1.32 bits per heavy atom. The summed E-state index contributed by atoms with van der Waals surface area (Å²) in [6.07, 6.45) is 2.56. The molecular weight excluding hydrogens is 241 g/mol. The van der Waals surface area contributed by atoms with Gasteiger partial charge in [0.05, 0.1) is 5.69 Å². The van der Waals surface area contributed by atoms with Crippen LogP contribution in [0.15, 0.2) is 30.5 Å². The van der Waals surface area contributed by atoms with Crippen molar-refractivity contribution in [1.29, 1.82) is 0 Å². The molecule has 19 heavy (non-hydrogen) atoms. The lowest BCUT2D eigenvalue weighted by atomic mass is 10.0. The van der Waals surface area contributed by atoms with Gasteiger partial charge in [-0.25, -0.2) is 4.39 Å². The van der Waals surface area contributed by atoms with Crippen molar-refractivity contribution in [3.8, 4) is 0 Å². The standard InChI is InChI=1S/C15H20FN3/c1-10(2)19-7-6-13(18-19)9-15(17)12-5-4-11(3)14(16)8-12/h4-8,10,15H,9,17H2,1-3H3. The highest BCUT2D eigenvalue weighted by molar-refractivity contribution is 5.26. The second-order valence-electron chi connectivity index (χ2n) is 5.20. The van der Waals surface area contributed by atoms with E-state index in [1.807, 2.05) is 23.0 Å². The number of aryl methyl sites for hydroxylation is 1. The zero-order valence-electron chi connectivity index (χ0n) is 11.6.